The number of halogens is 1. The lowest BCUT2D eigenvalue weighted by Gasteiger charge is -2.08. The molecule has 0 aliphatic heterocycles. The van der Waals surface area contributed by atoms with E-state index in [1.165, 1.54) is 5.56 Å². The molecule has 4 nitrogen and oxygen atoms in total. The molecule has 0 amide bonds. The maximum atomic E-state index is 5.97. The highest BCUT2D eigenvalue weighted by atomic mass is 127. The quantitative estimate of drug-likeness (QED) is 0.377. The van der Waals surface area contributed by atoms with Crippen molar-refractivity contribution < 1.29 is 4.74 Å². The summed E-state index contributed by atoms with van der Waals surface area (Å²) in [5.41, 5.74) is 9.28. The number of anilines is 1. The summed E-state index contributed by atoms with van der Waals surface area (Å²) >= 11 is 0. The summed E-state index contributed by atoms with van der Waals surface area (Å²) in [6, 6.07) is 16.1. The fourth-order valence-electron chi connectivity index (χ4n) is 2.19. The van der Waals surface area contributed by atoms with Crippen LogP contribution in [0.3, 0.4) is 0 Å². The van der Waals surface area contributed by atoms with Crippen LogP contribution in [0.15, 0.2) is 53.5 Å². The fourth-order valence-corrected chi connectivity index (χ4v) is 2.19. The summed E-state index contributed by atoms with van der Waals surface area (Å²) in [5.74, 6) is 1.29. The van der Waals surface area contributed by atoms with Gasteiger partial charge in [-0.05, 0) is 48.2 Å². The zero-order valence-electron chi connectivity index (χ0n) is 14.3. The van der Waals surface area contributed by atoms with E-state index in [2.05, 4.69) is 36.3 Å². The summed E-state index contributed by atoms with van der Waals surface area (Å²) in [7, 11) is 0. The Balaban J connectivity index is 0.00000288. The Morgan fingerprint density at radius 1 is 1.08 bits per heavy atom. The number of hydrogen-bond acceptors (Lipinski definition) is 2. The van der Waals surface area contributed by atoms with E-state index in [9.17, 15) is 0 Å². The number of hydrogen-bond donors (Lipinski definition) is 2. The van der Waals surface area contributed by atoms with Crippen molar-refractivity contribution in [3.63, 3.8) is 0 Å². The van der Waals surface area contributed by atoms with Crippen LogP contribution < -0.4 is 15.8 Å². The first kappa shape index (κ1) is 20.3. The van der Waals surface area contributed by atoms with Gasteiger partial charge in [0.05, 0.1) is 13.2 Å². The lowest BCUT2D eigenvalue weighted by molar-refractivity contribution is 0.317. The minimum absolute atomic E-state index is 0. The first-order valence-electron chi connectivity index (χ1n) is 8.09. The van der Waals surface area contributed by atoms with Gasteiger partial charge < -0.3 is 15.8 Å². The molecule has 3 N–H and O–H groups in total. The van der Waals surface area contributed by atoms with Gasteiger partial charge in [0.2, 0.25) is 0 Å². The van der Waals surface area contributed by atoms with E-state index in [0.717, 1.165) is 36.4 Å². The Hall–Kier alpha value is -1.76. The van der Waals surface area contributed by atoms with Gasteiger partial charge in [0.15, 0.2) is 5.96 Å². The van der Waals surface area contributed by atoms with E-state index in [1.807, 2.05) is 36.4 Å². The Morgan fingerprint density at radius 3 is 2.58 bits per heavy atom. The number of nitrogens with two attached hydrogens (primary N) is 1. The molecule has 0 saturated carbocycles. The van der Waals surface area contributed by atoms with Crippen molar-refractivity contribution in [1.29, 1.82) is 0 Å². The largest absolute Gasteiger partial charge is 0.494 e. The Kier molecular flexibility index (Phi) is 9.22. The number of ether oxygens (including phenoxy) is 1. The average molecular weight is 439 g/mol. The summed E-state index contributed by atoms with van der Waals surface area (Å²) < 4.78 is 5.63. The molecule has 130 valence electrons. The molecular weight excluding hydrogens is 413 g/mol. The minimum atomic E-state index is 0. The molecule has 0 spiro atoms. The molecule has 0 aliphatic rings. The van der Waals surface area contributed by atoms with Crippen LogP contribution in [0.4, 0.5) is 5.69 Å². The smallest absolute Gasteiger partial charge is 0.193 e. The van der Waals surface area contributed by atoms with Crippen LogP contribution in [0.25, 0.3) is 0 Å². The Morgan fingerprint density at radius 2 is 1.83 bits per heavy atom. The Labute approximate surface area is 161 Å². The zero-order chi connectivity index (χ0) is 16.5. The van der Waals surface area contributed by atoms with Crippen molar-refractivity contribution in [3.05, 3.63) is 59.7 Å². The standard InChI is InChI=1S/C19H25N3O.HI/c1-3-11-23-18-10-6-8-16(13-18)14-21-19(20)22-17-9-5-7-15(4-2)12-17;/h5-10,12-13H,3-4,11,14H2,1-2H3,(H3,20,21,22);1H. The van der Waals surface area contributed by atoms with Crippen molar-refractivity contribution in [2.24, 2.45) is 10.7 Å². The molecule has 0 atom stereocenters. The van der Waals surface area contributed by atoms with Crippen molar-refractivity contribution in [1.82, 2.24) is 0 Å². The fraction of sp³-hybridized carbons (Fsp3) is 0.316. The van der Waals surface area contributed by atoms with Gasteiger partial charge in [-0.15, -0.1) is 24.0 Å². The molecule has 0 bridgehead atoms. The lowest BCUT2D eigenvalue weighted by Crippen LogP contribution is -2.22. The van der Waals surface area contributed by atoms with Crippen LogP contribution in [-0.4, -0.2) is 12.6 Å². The van der Waals surface area contributed by atoms with Crippen LogP contribution >= 0.6 is 24.0 Å². The van der Waals surface area contributed by atoms with Crippen LogP contribution in [0, 0.1) is 0 Å². The van der Waals surface area contributed by atoms with Gasteiger partial charge in [0, 0.05) is 5.69 Å². The number of aryl methyl sites for hydroxylation is 1. The molecule has 2 aromatic rings. The number of aliphatic imine (C=N–C) groups is 1. The van der Waals surface area contributed by atoms with Crippen LogP contribution in [0.2, 0.25) is 0 Å². The van der Waals surface area contributed by atoms with E-state index in [-0.39, 0.29) is 24.0 Å². The predicted octanol–water partition coefficient (Wildman–Crippen LogP) is 4.58. The molecule has 2 aromatic carbocycles. The number of benzene rings is 2. The summed E-state index contributed by atoms with van der Waals surface area (Å²) in [6.07, 6.45) is 1.99. The monoisotopic (exact) mass is 439 g/mol. The van der Waals surface area contributed by atoms with Crippen molar-refractivity contribution in [2.75, 3.05) is 11.9 Å². The molecule has 0 heterocycles. The van der Waals surface area contributed by atoms with E-state index in [0.29, 0.717) is 12.5 Å². The summed E-state index contributed by atoms with van der Waals surface area (Å²) in [5, 5.41) is 3.13. The molecule has 0 unspecified atom stereocenters. The van der Waals surface area contributed by atoms with Gasteiger partial charge in [0.1, 0.15) is 5.75 Å². The van der Waals surface area contributed by atoms with Gasteiger partial charge in [-0.25, -0.2) is 4.99 Å². The highest BCUT2D eigenvalue weighted by molar-refractivity contribution is 14.0. The van der Waals surface area contributed by atoms with Crippen molar-refractivity contribution in [2.45, 2.75) is 33.2 Å². The number of nitrogens with one attached hydrogen (secondary N) is 1. The van der Waals surface area contributed by atoms with Gasteiger partial charge in [-0.3, -0.25) is 0 Å². The molecule has 24 heavy (non-hydrogen) atoms. The minimum Gasteiger partial charge on any atom is -0.494 e. The van der Waals surface area contributed by atoms with Crippen LogP contribution in [-0.2, 0) is 13.0 Å². The highest BCUT2D eigenvalue weighted by Crippen LogP contribution is 2.15. The highest BCUT2D eigenvalue weighted by Gasteiger charge is 1.99. The molecule has 0 radical (unpaired) electrons. The van der Waals surface area contributed by atoms with Gasteiger partial charge >= 0.3 is 0 Å². The summed E-state index contributed by atoms with van der Waals surface area (Å²) in [4.78, 5) is 4.39. The van der Waals surface area contributed by atoms with Crippen molar-refractivity contribution >= 4 is 35.6 Å². The third-order valence-electron chi connectivity index (χ3n) is 3.41. The first-order chi connectivity index (χ1) is 11.2. The molecule has 0 fully saturated rings. The molecule has 5 heteroatoms. The number of rotatable bonds is 7. The van der Waals surface area contributed by atoms with E-state index >= 15 is 0 Å². The lowest BCUT2D eigenvalue weighted by atomic mass is 10.1. The predicted molar refractivity (Wildman–Crippen MR) is 112 cm³/mol. The Bertz CT molecular complexity index is 659. The maximum Gasteiger partial charge on any atom is 0.193 e. The number of guanidine groups is 1. The van der Waals surface area contributed by atoms with Crippen molar-refractivity contribution in [3.8, 4) is 5.75 Å². The maximum absolute atomic E-state index is 5.97. The first-order valence-corrected chi connectivity index (χ1v) is 8.09. The van der Waals surface area contributed by atoms with Gasteiger partial charge in [0.25, 0.3) is 0 Å². The SMILES string of the molecule is CCCOc1cccc(CN=C(N)Nc2cccc(CC)c2)c1.I. The average Bonchev–Trinajstić information content (AvgIpc) is 2.58. The second kappa shape index (κ2) is 10.9. The third kappa shape index (κ3) is 6.78. The topological polar surface area (TPSA) is 59.6 Å². The summed E-state index contributed by atoms with van der Waals surface area (Å²) in [6.45, 7) is 5.47. The third-order valence-corrected chi connectivity index (χ3v) is 3.41. The van der Waals surface area contributed by atoms with E-state index in [4.69, 9.17) is 10.5 Å². The number of nitrogens with zero attached hydrogens (tertiary/aromatic N) is 1. The second-order valence-electron chi connectivity index (χ2n) is 5.38. The van der Waals surface area contributed by atoms with Crippen LogP contribution in [0.5, 0.6) is 5.75 Å². The van der Waals surface area contributed by atoms with E-state index < -0.39 is 0 Å². The van der Waals surface area contributed by atoms with Crippen LogP contribution in [0.1, 0.15) is 31.4 Å². The molecule has 2 rings (SSSR count). The molecule has 0 saturated heterocycles. The van der Waals surface area contributed by atoms with Gasteiger partial charge in [-0.1, -0.05) is 38.1 Å². The molecular formula is C19H26IN3O. The normalized spacial score (nSPS) is 10.8. The second-order valence-corrected chi connectivity index (χ2v) is 5.38. The van der Waals surface area contributed by atoms with Gasteiger partial charge in [-0.2, -0.15) is 0 Å². The molecule has 0 aromatic heterocycles. The zero-order valence-corrected chi connectivity index (χ0v) is 16.6. The molecule has 0 aliphatic carbocycles. The van der Waals surface area contributed by atoms with E-state index in [1.54, 1.807) is 0 Å².